The van der Waals surface area contributed by atoms with Crippen molar-refractivity contribution < 1.29 is 4.74 Å². The first-order valence-corrected chi connectivity index (χ1v) is 9.45. The number of hydrogen-bond acceptors (Lipinski definition) is 4. The Morgan fingerprint density at radius 1 is 1.03 bits per heavy atom. The first-order chi connectivity index (χ1) is 14.2. The van der Waals surface area contributed by atoms with Crippen LogP contribution in [0.4, 0.5) is 0 Å². The molecule has 0 bridgehead atoms. The molecule has 1 aromatic heterocycles. The third kappa shape index (κ3) is 2.65. The number of aromatic nitrogens is 2. The van der Waals surface area contributed by atoms with Crippen molar-refractivity contribution in [2.75, 3.05) is 0 Å². The summed E-state index contributed by atoms with van der Waals surface area (Å²) < 4.78 is 5.69. The average Bonchev–Trinajstić information content (AvgIpc) is 3.16. The topological polar surface area (TPSA) is 87.7 Å². The predicted octanol–water partition coefficient (Wildman–Crippen LogP) is 5.10. The molecule has 0 aliphatic carbocycles. The number of halogens is 1. The third-order valence-electron chi connectivity index (χ3n) is 5.22. The molecular formula is C23H15ClN4O. The largest absolute Gasteiger partial charge is 0.420 e. The van der Waals surface area contributed by atoms with Gasteiger partial charge in [-0.15, -0.1) is 5.10 Å². The molecule has 1 unspecified atom stereocenters. The van der Waals surface area contributed by atoms with Gasteiger partial charge in [-0.3, -0.25) is 5.10 Å². The highest BCUT2D eigenvalue weighted by atomic mass is 35.5. The summed E-state index contributed by atoms with van der Waals surface area (Å²) in [6, 6.07) is 23.8. The average molecular weight is 399 g/mol. The van der Waals surface area contributed by atoms with Crippen LogP contribution in [0, 0.1) is 11.3 Å². The van der Waals surface area contributed by atoms with Gasteiger partial charge in [-0.2, -0.15) is 5.26 Å². The minimum Gasteiger partial charge on any atom is -0.420 e. The molecule has 5 nitrogen and oxygen atoms in total. The highest BCUT2D eigenvalue weighted by Gasteiger charge is 2.36. The second-order valence-electron chi connectivity index (χ2n) is 6.79. The number of nitrogens with zero attached hydrogens (tertiary/aromatic N) is 2. The van der Waals surface area contributed by atoms with Crippen LogP contribution in [0.25, 0.3) is 22.0 Å². The molecule has 1 aliphatic rings. The van der Waals surface area contributed by atoms with E-state index in [4.69, 9.17) is 22.1 Å². The van der Waals surface area contributed by atoms with Crippen LogP contribution in [0.2, 0.25) is 5.02 Å². The van der Waals surface area contributed by atoms with E-state index < -0.39 is 5.92 Å². The summed E-state index contributed by atoms with van der Waals surface area (Å²) in [5, 5.41) is 20.0. The Labute approximate surface area is 172 Å². The Morgan fingerprint density at radius 3 is 2.62 bits per heavy atom. The van der Waals surface area contributed by atoms with Crippen LogP contribution in [-0.2, 0) is 0 Å². The van der Waals surface area contributed by atoms with E-state index >= 15 is 0 Å². The molecule has 0 amide bonds. The summed E-state index contributed by atoms with van der Waals surface area (Å²) in [6.07, 6.45) is 0. The molecule has 140 valence electrons. The summed E-state index contributed by atoms with van der Waals surface area (Å²) in [4.78, 5) is 0. The molecule has 0 saturated heterocycles. The zero-order chi connectivity index (χ0) is 20.0. The molecule has 3 N–H and O–H groups in total. The van der Waals surface area contributed by atoms with Crippen LogP contribution < -0.4 is 10.5 Å². The van der Waals surface area contributed by atoms with Gasteiger partial charge in [-0.05, 0) is 22.4 Å². The minimum atomic E-state index is -0.431. The van der Waals surface area contributed by atoms with E-state index in [0.29, 0.717) is 22.2 Å². The number of allylic oxidation sites excluding steroid dienone is 1. The summed E-state index contributed by atoms with van der Waals surface area (Å²) >= 11 is 6.46. The van der Waals surface area contributed by atoms with Crippen molar-refractivity contribution in [1.29, 1.82) is 5.26 Å². The van der Waals surface area contributed by atoms with Crippen molar-refractivity contribution in [3.8, 4) is 23.2 Å². The number of fused-ring (bicyclic) bond motifs is 2. The molecule has 2 heterocycles. The third-order valence-corrected chi connectivity index (χ3v) is 5.55. The molecule has 0 fully saturated rings. The van der Waals surface area contributed by atoms with Gasteiger partial charge in [0.2, 0.25) is 11.8 Å². The molecule has 0 saturated carbocycles. The number of benzene rings is 3. The van der Waals surface area contributed by atoms with Crippen LogP contribution in [-0.4, -0.2) is 10.2 Å². The summed E-state index contributed by atoms with van der Waals surface area (Å²) in [7, 11) is 0. The van der Waals surface area contributed by atoms with Crippen molar-refractivity contribution >= 4 is 22.4 Å². The molecule has 6 heteroatoms. The fourth-order valence-electron chi connectivity index (χ4n) is 3.93. The second kappa shape index (κ2) is 6.69. The van der Waals surface area contributed by atoms with Gasteiger partial charge in [0.25, 0.3) is 0 Å². The lowest BCUT2D eigenvalue weighted by atomic mass is 9.81. The zero-order valence-corrected chi connectivity index (χ0v) is 15.9. The van der Waals surface area contributed by atoms with E-state index in [2.05, 4.69) is 16.3 Å². The zero-order valence-electron chi connectivity index (χ0n) is 15.2. The Morgan fingerprint density at radius 2 is 1.79 bits per heavy atom. The lowest BCUT2D eigenvalue weighted by Crippen LogP contribution is -2.21. The number of nitrogens with two attached hydrogens (primary N) is 1. The highest BCUT2D eigenvalue weighted by molar-refractivity contribution is 6.33. The molecule has 1 aliphatic heterocycles. The van der Waals surface area contributed by atoms with Crippen molar-refractivity contribution in [3.63, 3.8) is 0 Å². The van der Waals surface area contributed by atoms with Crippen molar-refractivity contribution in [1.82, 2.24) is 10.2 Å². The van der Waals surface area contributed by atoms with Gasteiger partial charge in [-0.1, -0.05) is 72.3 Å². The first kappa shape index (κ1) is 17.4. The molecular weight excluding hydrogens is 384 g/mol. The summed E-state index contributed by atoms with van der Waals surface area (Å²) in [5.74, 6) is -0.00984. The number of H-pyrrole nitrogens is 1. The number of aromatic amines is 1. The number of rotatable bonds is 2. The number of nitrogens with one attached hydrogen (secondary N) is 1. The second-order valence-corrected chi connectivity index (χ2v) is 7.20. The van der Waals surface area contributed by atoms with Gasteiger partial charge < -0.3 is 10.5 Å². The molecule has 29 heavy (non-hydrogen) atoms. The maximum atomic E-state index is 9.92. The smallest absolute Gasteiger partial charge is 0.244 e. The maximum Gasteiger partial charge on any atom is 0.244 e. The Kier molecular flexibility index (Phi) is 4.01. The molecule has 0 spiro atoms. The van der Waals surface area contributed by atoms with E-state index in [0.717, 1.165) is 27.5 Å². The van der Waals surface area contributed by atoms with E-state index in [1.54, 1.807) is 0 Å². The number of hydrogen-bond donors (Lipinski definition) is 2. The summed E-state index contributed by atoms with van der Waals surface area (Å²) in [6.45, 7) is 0. The highest BCUT2D eigenvalue weighted by Crippen LogP contribution is 2.47. The molecule has 1 atom stereocenters. The van der Waals surface area contributed by atoms with Crippen molar-refractivity contribution in [2.45, 2.75) is 5.92 Å². The van der Waals surface area contributed by atoms with Crippen molar-refractivity contribution in [3.05, 3.63) is 94.3 Å². The molecule has 0 radical (unpaired) electrons. The monoisotopic (exact) mass is 398 g/mol. The fourth-order valence-corrected chi connectivity index (χ4v) is 4.16. The van der Waals surface area contributed by atoms with Crippen LogP contribution >= 0.6 is 11.6 Å². The van der Waals surface area contributed by atoms with Crippen LogP contribution in [0.1, 0.15) is 17.0 Å². The van der Waals surface area contributed by atoms with Gasteiger partial charge in [0.05, 0.1) is 17.2 Å². The van der Waals surface area contributed by atoms with Gasteiger partial charge in [0.1, 0.15) is 11.6 Å². The maximum absolute atomic E-state index is 9.92. The van der Waals surface area contributed by atoms with Gasteiger partial charge in [0.15, 0.2) is 0 Å². The fraction of sp³-hybridized carbons (Fsp3) is 0.0435. The quantitative estimate of drug-likeness (QED) is 0.491. The summed E-state index contributed by atoms with van der Waals surface area (Å²) in [5.41, 5.74) is 9.67. The standard InChI is InChI=1S/C23H15ClN4O/c24-18-11-4-3-9-16(18)21-20-19(17(12-25)22(26)29-23(20)28-27-21)15-10-5-7-13-6-1-2-8-14(13)15/h1-11,19H,26H2,(H,27,28). The number of ether oxygens (including phenoxy) is 1. The Bertz CT molecular complexity index is 1330. The van der Waals surface area contributed by atoms with Gasteiger partial charge >= 0.3 is 0 Å². The lowest BCUT2D eigenvalue weighted by Gasteiger charge is -2.25. The Balaban J connectivity index is 1.83. The normalized spacial score (nSPS) is 15.7. The van der Waals surface area contributed by atoms with E-state index in [9.17, 15) is 5.26 Å². The predicted molar refractivity (Wildman–Crippen MR) is 112 cm³/mol. The van der Waals surface area contributed by atoms with Crippen LogP contribution in [0.5, 0.6) is 5.88 Å². The van der Waals surface area contributed by atoms with E-state index in [1.165, 1.54) is 0 Å². The van der Waals surface area contributed by atoms with Crippen LogP contribution in [0.3, 0.4) is 0 Å². The minimum absolute atomic E-state index is 0.0649. The Hall–Kier alpha value is -3.75. The van der Waals surface area contributed by atoms with Gasteiger partial charge in [-0.25, -0.2) is 0 Å². The molecule has 3 aromatic carbocycles. The first-order valence-electron chi connectivity index (χ1n) is 9.07. The van der Waals surface area contributed by atoms with Crippen LogP contribution in [0.15, 0.2) is 78.2 Å². The van der Waals surface area contributed by atoms with E-state index in [-0.39, 0.29) is 5.88 Å². The lowest BCUT2D eigenvalue weighted by molar-refractivity contribution is 0.379. The van der Waals surface area contributed by atoms with Crippen molar-refractivity contribution in [2.24, 2.45) is 5.73 Å². The SMILES string of the molecule is N#CC1=C(N)Oc2n[nH]c(-c3ccccc3Cl)c2C1c1cccc2ccccc12. The van der Waals surface area contributed by atoms with Gasteiger partial charge in [0, 0.05) is 10.6 Å². The van der Waals surface area contributed by atoms with E-state index in [1.807, 2.05) is 66.7 Å². The molecule has 5 rings (SSSR count). The molecule has 4 aromatic rings. The number of nitriles is 1.